The molecule has 4 rings (SSSR count). The molecule has 1 N–H and O–H groups in total. The summed E-state index contributed by atoms with van der Waals surface area (Å²) >= 11 is 1.26. The van der Waals surface area contributed by atoms with E-state index in [9.17, 15) is 14.4 Å². The van der Waals surface area contributed by atoms with Crippen LogP contribution in [-0.4, -0.2) is 55.6 Å². The van der Waals surface area contributed by atoms with Crippen LogP contribution in [0.1, 0.15) is 44.1 Å². The first-order chi connectivity index (χ1) is 14.5. The Balaban J connectivity index is 1.56. The van der Waals surface area contributed by atoms with E-state index < -0.39 is 6.04 Å². The van der Waals surface area contributed by atoms with E-state index in [2.05, 4.69) is 15.2 Å². The van der Waals surface area contributed by atoms with Gasteiger partial charge in [-0.25, -0.2) is 9.88 Å². The van der Waals surface area contributed by atoms with Crippen LogP contribution in [0.25, 0.3) is 0 Å². The molecular weight excluding hydrogens is 402 g/mol. The largest absolute Gasteiger partial charge is 0.326 e. The molecule has 1 aromatic carbocycles. The van der Waals surface area contributed by atoms with Crippen LogP contribution in [0, 0.1) is 6.92 Å². The van der Waals surface area contributed by atoms with Crippen molar-refractivity contribution in [3.05, 3.63) is 36.2 Å². The fourth-order valence-corrected chi connectivity index (χ4v) is 4.91. The summed E-state index contributed by atoms with van der Waals surface area (Å²) in [5.41, 5.74) is 1.61. The van der Waals surface area contributed by atoms with Crippen molar-refractivity contribution in [3.63, 3.8) is 0 Å². The standard InChI is InChI=1S/C21H25N5O3S/c1-14-7-9-16(10-8-14)26-18(27)11-17(20(26)29)25(15-5-3-2-4-6-15)19(28)12-30-21-22-13-23-24-21/h7-10,13,15,17H,2-6,11-12H2,1H3,(H,22,23,24). The zero-order valence-corrected chi connectivity index (χ0v) is 17.7. The second-order valence-electron chi connectivity index (χ2n) is 7.80. The highest BCUT2D eigenvalue weighted by molar-refractivity contribution is 7.99. The van der Waals surface area contributed by atoms with Crippen LogP contribution in [0.4, 0.5) is 5.69 Å². The Bertz CT molecular complexity index is 909. The van der Waals surface area contributed by atoms with Gasteiger partial charge in [0.15, 0.2) is 5.16 Å². The van der Waals surface area contributed by atoms with E-state index in [-0.39, 0.29) is 35.9 Å². The predicted molar refractivity (Wildman–Crippen MR) is 113 cm³/mol. The van der Waals surface area contributed by atoms with Crippen molar-refractivity contribution in [1.29, 1.82) is 0 Å². The van der Waals surface area contributed by atoms with Gasteiger partial charge in [-0.15, -0.1) is 0 Å². The molecule has 1 saturated heterocycles. The minimum atomic E-state index is -0.746. The molecule has 158 valence electrons. The number of rotatable bonds is 6. The normalized spacial score (nSPS) is 20.0. The lowest BCUT2D eigenvalue weighted by atomic mass is 9.92. The van der Waals surface area contributed by atoms with E-state index >= 15 is 0 Å². The van der Waals surface area contributed by atoms with E-state index in [0.29, 0.717) is 10.8 Å². The molecule has 2 aromatic rings. The number of aromatic amines is 1. The van der Waals surface area contributed by atoms with Gasteiger partial charge in [-0.1, -0.05) is 48.7 Å². The van der Waals surface area contributed by atoms with Crippen molar-refractivity contribution >= 4 is 35.2 Å². The Morgan fingerprint density at radius 3 is 2.60 bits per heavy atom. The van der Waals surface area contributed by atoms with Crippen molar-refractivity contribution in [2.45, 2.75) is 62.7 Å². The van der Waals surface area contributed by atoms with Gasteiger partial charge in [0.2, 0.25) is 11.8 Å². The number of hydrogen-bond donors (Lipinski definition) is 1. The Morgan fingerprint density at radius 2 is 1.93 bits per heavy atom. The lowest BCUT2D eigenvalue weighted by Crippen LogP contribution is -2.52. The number of nitrogens with one attached hydrogen (secondary N) is 1. The van der Waals surface area contributed by atoms with Crippen LogP contribution in [0.15, 0.2) is 35.7 Å². The number of H-pyrrole nitrogens is 1. The lowest BCUT2D eigenvalue weighted by Gasteiger charge is -2.37. The molecule has 0 radical (unpaired) electrons. The summed E-state index contributed by atoms with van der Waals surface area (Å²) in [6.45, 7) is 1.95. The molecule has 2 heterocycles. The number of hydrogen-bond acceptors (Lipinski definition) is 6. The van der Waals surface area contributed by atoms with Crippen molar-refractivity contribution in [1.82, 2.24) is 20.1 Å². The van der Waals surface area contributed by atoms with Crippen LogP contribution in [0.5, 0.6) is 0 Å². The molecule has 1 aliphatic carbocycles. The number of imide groups is 1. The summed E-state index contributed by atoms with van der Waals surface area (Å²) in [4.78, 5) is 46.3. The third-order valence-corrected chi connectivity index (χ3v) is 6.59. The Hall–Kier alpha value is -2.68. The first-order valence-electron chi connectivity index (χ1n) is 10.3. The van der Waals surface area contributed by atoms with E-state index in [1.807, 2.05) is 19.1 Å². The Kier molecular flexibility index (Phi) is 6.17. The van der Waals surface area contributed by atoms with E-state index in [4.69, 9.17) is 0 Å². The van der Waals surface area contributed by atoms with Gasteiger partial charge in [0.05, 0.1) is 17.9 Å². The van der Waals surface area contributed by atoms with E-state index in [0.717, 1.165) is 37.7 Å². The molecule has 2 aliphatic rings. The monoisotopic (exact) mass is 427 g/mol. The third kappa shape index (κ3) is 4.26. The maximum atomic E-state index is 13.3. The van der Waals surface area contributed by atoms with Gasteiger partial charge in [-0.2, -0.15) is 5.10 Å². The third-order valence-electron chi connectivity index (χ3n) is 5.73. The minimum absolute atomic E-state index is 0.0127. The predicted octanol–water partition coefficient (Wildman–Crippen LogP) is 2.70. The minimum Gasteiger partial charge on any atom is -0.326 e. The molecule has 1 unspecified atom stereocenters. The molecule has 1 aliphatic heterocycles. The zero-order chi connectivity index (χ0) is 21.1. The first-order valence-corrected chi connectivity index (χ1v) is 11.3. The molecule has 2 fully saturated rings. The van der Waals surface area contributed by atoms with Gasteiger partial charge in [-0.05, 0) is 31.9 Å². The maximum Gasteiger partial charge on any atom is 0.257 e. The van der Waals surface area contributed by atoms with E-state index in [1.54, 1.807) is 17.0 Å². The summed E-state index contributed by atoms with van der Waals surface area (Å²) in [5, 5.41) is 7.09. The average molecular weight is 428 g/mol. The molecular formula is C21H25N5O3S. The quantitative estimate of drug-likeness (QED) is 0.562. The fraction of sp³-hybridized carbons (Fsp3) is 0.476. The summed E-state index contributed by atoms with van der Waals surface area (Å²) in [6.07, 6.45) is 6.34. The number of aryl methyl sites for hydroxylation is 1. The molecule has 1 aromatic heterocycles. The molecule has 0 bridgehead atoms. The number of carbonyl (C=O) groups is 3. The van der Waals surface area contributed by atoms with Gasteiger partial charge in [0.1, 0.15) is 12.4 Å². The summed E-state index contributed by atoms with van der Waals surface area (Å²) in [5.74, 6) is -0.563. The Labute approximate surface area is 179 Å². The van der Waals surface area contributed by atoms with Crippen molar-refractivity contribution in [3.8, 4) is 0 Å². The van der Waals surface area contributed by atoms with Crippen LogP contribution >= 0.6 is 11.8 Å². The van der Waals surface area contributed by atoms with Crippen LogP contribution in [0.3, 0.4) is 0 Å². The summed E-state index contributed by atoms with van der Waals surface area (Å²) in [6, 6.07) is 6.55. The lowest BCUT2D eigenvalue weighted by molar-refractivity contribution is -0.139. The second-order valence-corrected chi connectivity index (χ2v) is 8.76. The van der Waals surface area contributed by atoms with Crippen LogP contribution in [-0.2, 0) is 14.4 Å². The topological polar surface area (TPSA) is 99.3 Å². The fourth-order valence-electron chi connectivity index (χ4n) is 4.26. The highest BCUT2D eigenvalue weighted by Gasteiger charge is 2.46. The number of anilines is 1. The molecule has 3 amide bonds. The molecule has 1 saturated carbocycles. The summed E-state index contributed by atoms with van der Waals surface area (Å²) in [7, 11) is 0. The molecule has 1 atom stereocenters. The number of amides is 3. The maximum absolute atomic E-state index is 13.3. The SMILES string of the molecule is Cc1ccc(N2C(=O)CC(N(C(=O)CSc3ncn[nH]3)C3CCCCC3)C2=O)cc1. The van der Waals surface area contributed by atoms with Gasteiger partial charge in [0.25, 0.3) is 5.91 Å². The van der Waals surface area contributed by atoms with Gasteiger partial charge >= 0.3 is 0 Å². The second kappa shape index (κ2) is 8.99. The molecule has 8 nitrogen and oxygen atoms in total. The smallest absolute Gasteiger partial charge is 0.257 e. The van der Waals surface area contributed by atoms with Crippen molar-refractivity contribution < 1.29 is 14.4 Å². The highest BCUT2D eigenvalue weighted by Crippen LogP contribution is 2.32. The first kappa shape index (κ1) is 20.6. The van der Waals surface area contributed by atoms with Gasteiger partial charge in [-0.3, -0.25) is 19.5 Å². The van der Waals surface area contributed by atoms with Gasteiger partial charge in [0, 0.05) is 6.04 Å². The number of thioether (sulfide) groups is 1. The molecule has 0 spiro atoms. The van der Waals surface area contributed by atoms with Crippen LogP contribution < -0.4 is 4.90 Å². The molecule has 30 heavy (non-hydrogen) atoms. The van der Waals surface area contributed by atoms with Crippen molar-refractivity contribution in [2.75, 3.05) is 10.7 Å². The summed E-state index contributed by atoms with van der Waals surface area (Å²) < 4.78 is 0. The van der Waals surface area contributed by atoms with Gasteiger partial charge < -0.3 is 4.90 Å². The Morgan fingerprint density at radius 1 is 1.20 bits per heavy atom. The number of benzene rings is 1. The van der Waals surface area contributed by atoms with E-state index in [1.165, 1.54) is 23.0 Å². The highest BCUT2D eigenvalue weighted by atomic mass is 32.2. The number of aromatic nitrogens is 3. The molecule has 9 heteroatoms. The average Bonchev–Trinajstić information content (AvgIpc) is 3.37. The number of nitrogens with zero attached hydrogens (tertiary/aromatic N) is 4. The van der Waals surface area contributed by atoms with Crippen molar-refractivity contribution in [2.24, 2.45) is 0 Å². The number of carbonyl (C=O) groups excluding carboxylic acids is 3. The van der Waals surface area contributed by atoms with Crippen LogP contribution in [0.2, 0.25) is 0 Å². The zero-order valence-electron chi connectivity index (χ0n) is 16.9.